The summed E-state index contributed by atoms with van der Waals surface area (Å²) in [5.41, 5.74) is 17.6. The molecule has 64 heavy (non-hydrogen) atoms. The second-order valence-electron chi connectivity index (χ2n) is 16.0. The first kappa shape index (κ1) is 54.2. The molecule has 0 radical (unpaired) electrons. The molecule has 0 aromatic rings. The molecule has 0 saturated carbocycles. The number of carboxylic acid groups (broad SMARTS) is 1. The Labute approximate surface area is 374 Å². The quantitative estimate of drug-likeness (QED) is 0.00794. The smallest absolute Gasteiger partial charge is 0.315 e. The number of aliphatic carboxylic acids is 1. The third kappa shape index (κ3) is 21.4. The lowest BCUT2D eigenvalue weighted by Crippen LogP contribution is -2.56. The minimum absolute atomic E-state index is 0.0481. The van der Waals surface area contributed by atoms with Gasteiger partial charge in [-0.25, -0.2) is 10.3 Å². The van der Waals surface area contributed by atoms with Crippen LogP contribution in [0.4, 0.5) is 4.79 Å². The molecule has 2 aliphatic rings. The summed E-state index contributed by atoms with van der Waals surface area (Å²) >= 11 is 1.82. The third-order valence-corrected chi connectivity index (χ3v) is 11.7. The molecule has 0 aromatic carbocycles. The van der Waals surface area contributed by atoms with Gasteiger partial charge in [-0.1, -0.05) is 20.3 Å². The lowest BCUT2D eigenvalue weighted by atomic mass is 9.92. The summed E-state index contributed by atoms with van der Waals surface area (Å²) in [5.74, 6) is -8.07. The maximum Gasteiger partial charge on any atom is 0.315 e. The zero-order chi connectivity index (χ0) is 47.8. The Balaban J connectivity index is 1.80. The van der Waals surface area contributed by atoms with Gasteiger partial charge in [0.2, 0.25) is 47.3 Å². The van der Waals surface area contributed by atoms with E-state index in [4.69, 9.17) is 22.4 Å². The lowest BCUT2D eigenvalue weighted by Gasteiger charge is -2.25. The van der Waals surface area contributed by atoms with Crippen molar-refractivity contribution in [1.82, 2.24) is 48.0 Å². The number of aliphatic imine (C=N–C) groups is 1. The topological polar surface area (TPSA) is 410 Å². The van der Waals surface area contributed by atoms with Gasteiger partial charge in [-0.05, 0) is 57.3 Å². The van der Waals surface area contributed by atoms with Crippen molar-refractivity contribution in [1.29, 1.82) is 0 Å². The number of hydroxylamine groups is 1. The number of hydrogen-bond donors (Lipinski definition) is 14. The Morgan fingerprint density at radius 2 is 1.44 bits per heavy atom. The van der Waals surface area contributed by atoms with Gasteiger partial charge in [-0.2, -0.15) is 11.8 Å². The van der Waals surface area contributed by atoms with Gasteiger partial charge in [0, 0.05) is 42.9 Å². The van der Waals surface area contributed by atoms with E-state index in [2.05, 4.69) is 47.5 Å². The molecule has 26 heteroatoms. The van der Waals surface area contributed by atoms with E-state index in [1.165, 1.54) is 5.48 Å². The first-order valence-electron chi connectivity index (χ1n) is 21.2. The van der Waals surface area contributed by atoms with Crippen molar-refractivity contribution in [2.24, 2.45) is 34.0 Å². The number of amides is 10. The van der Waals surface area contributed by atoms with Gasteiger partial charge in [0.15, 0.2) is 5.96 Å². The van der Waals surface area contributed by atoms with Gasteiger partial charge >= 0.3 is 12.0 Å². The van der Waals surface area contributed by atoms with E-state index in [0.29, 0.717) is 37.5 Å². The Hall–Kier alpha value is -5.92. The minimum atomic E-state index is -1.73. The van der Waals surface area contributed by atoms with Crippen LogP contribution in [0.1, 0.15) is 90.9 Å². The first-order valence-corrected chi connectivity index (χ1v) is 22.2. The van der Waals surface area contributed by atoms with E-state index in [9.17, 15) is 53.1 Å². The van der Waals surface area contributed by atoms with Crippen LogP contribution in [-0.2, 0) is 43.2 Å². The molecular weight excluding hydrogens is 863 g/mol. The van der Waals surface area contributed by atoms with Gasteiger partial charge < -0.3 is 64.8 Å². The van der Waals surface area contributed by atoms with Gasteiger partial charge in [0.1, 0.15) is 18.1 Å². The van der Waals surface area contributed by atoms with E-state index in [1.54, 1.807) is 13.8 Å². The number of fused-ring (bicyclic) bond motifs is 1. The molecule has 0 spiro atoms. The Kier molecular flexibility index (Phi) is 24.3. The van der Waals surface area contributed by atoms with Gasteiger partial charge in [0.25, 0.3) is 0 Å². The number of hydrogen-bond acceptors (Lipinski definition) is 13. The largest absolute Gasteiger partial charge is 0.481 e. The molecule has 0 aromatic heterocycles. The SMILES string of the molecule is CC(C)CC(CC(=O)NO)C(=O)N[C@@H](CCCN=C(N)N)C(=O)N[C@@H](CC(=O)O)C(=O)NCC(=O)NCC(=O)N[C@@H](CCCCNC(=O)CCCC[C@@H]1SC[C@@H]2NC(=O)N[C@@H]21)C(N)=O. The van der Waals surface area contributed by atoms with Crippen molar-refractivity contribution in [3.63, 3.8) is 0 Å². The van der Waals surface area contributed by atoms with Crippen LogP contribution >= 0.6 is 11.8 Å². The molecule has 17 N–H and O–H groups in total. The number of carbonyl (C=O) groups excluding carboxylic acids is 9. The number of thioether (sulfide) groups is 1. The van der Waals surface area contributed by atoms with Crippen molar-refractivity contribution >= 4 is 77.0 Å². The fraction of sp³-hybridized carbons (Fsp3) is 0.711. The third-order valence-electron chi connectivity index (χ3n) is 10.1. The molecule has 10 amide bonds. The standard InChI is InChI=1S/C38H65N13O12S/c1-20(2)14-21(15-28(53)51-63)34(59)47-23(9-7-13-43-37(40)41)36(61)48-24(16-31(56)57)35(60)45-17-29(54)44-18-30(55)46-22(33(39)58)8-5-6-12-42-27(52)11-4-3-10-26-32-25(19-64-26)49-38(62)50-32/h20-26,32,63H,3-19H2,1-2H3,(H2,39,58)(H,42,52)(H,44,54)(H,45,60)(H,46,55)(H,47,59)(H,48,61)(H,51,53)(H,56,57)(H4,40,41,43)(H2,49,50,62)/t21?,22-,23-,24-,25-,26-,32-/m0/s1. The van der Waals surface area contributed by atoms with Crippen LogP contribution in [-0.4, -0.2) is 143 Å². The molecule has 2 heterocycles. The summed E-state index contributed by atoms with van der Waals surface area (Å²) in [6.45, 7) is 2.62. The molecule has 1 unspecified atom stereocenters. The minimum Gasteiger partial charge on any atom is -0.481 e. The van der Waals surface area contributed by atoms with Crippen molar-refractivity contribution < 1.29 is 58.3 Å². The highest BCUT2D eigenvalue weighted by Gasteiger charge is 2.42. The van der Waals surface area contributed by atoms with Crippen LogP contribution in [0, 0.1) is 11.8 Å². The van der Waals surface area contributed by atoms with Crippen LogP contribution in [0.15, 0.2) is 4.99 Å². The number of nitrogens with one attached hydrogen (secondary N) is 9. The average Bonchev–Trinajstić information content (AvgIpc) is 3.78. The summed E-state index contributed by atoms with van der Waals surface area (Å²) < 4.78 is 0. The highest BCUT2D eigenvalue weighted by Crippen LogP contribution is 2.33. The summed E-state index contributed by atoms with van der Waals surface area (Å²) in [7, 11) is 0. The van der Waals surface area contributed by atoms with Crippen molar-refractivity contribution in [3.8, 4) is 0 Å². The van der Waals surface area contributed by atoms with Gasteiger partial charge in [0.05, 0.1) is 31.6 Å². The fourth-order valence-electron chi connectivity index (χ4n) is 6.97. The average molecular weight is 928 g/mol. The zero-order valence-corrected chi connectivity index (χ0v) is 37.0. The summed E-state index contributed by atoms with van der Waals surface area (Å²) in [6, 6.07) is -4.03. The molecule has 2 fully saturated rings. The van der Waals surface area contributed by atoms with Crippen LogP contribution in [0.2, 0.25) is 0 Å². The fourth-order valence-corrected chi connectivity index (χ4v) is 8.51. The molecule has 7 atom stereocenters. The van der Waals surface area contributed by atoms with Crippen molar-refractivity contribution in [2.75, 3.05) is 31.9 Å². The number of nitrogens with two attached hydrogens (primary N) is 3. The van der Waals surface area contributed by atoms with Crippen LogP contribution < -0.4 is 65.2 Å². The second kappa shape index (κ2) is 28.7. The number of primary amides is 1. The van der Waals surface area contributed by atoms with E-state index >= 15 is 0 Å². The molecule has 2 saturated heterocycles. The summed E-state index contributed by atoms with van der Waals surface area (Å²) in [4.78, 5) is 128. The van der Waals surface area contributed by atoms with E-state index in [0.717, 1.165) is 18.6 Å². The number of nitrogens with zero attached hydrogens (tertiary/aromatic N) is 1. The Morgan fingerprint density at radius 3 is 2.09 bits per heavy atom. The molecule has 0 aliphatic carbocycles. The second-order valence-corrected chi connectivity index (χ2v) is 17.2. The van der Waals surface area contributed by atoms with E-state index in [1.807, 2.05) is 11.8 Å². The highest BCUT2D eigenvalue weighted by molar-refractivity contribution is 8.00. The monoisotopic (exact) mass is 927 g/mol. The first-order chi connectivity index (χ1) is 30.3. The number of rotatable bonds is 31. The van der Waals surface area contributed by atoms with Crippen molar-refractivity contribution in [2.45, 2.75) is 126 Å². The number of unbranched alkanes of at least 4 members (excludes halogenated alkanes) is 2. The molecule has 360 valence electrons. The van der Waals surface area contributed by atoms with Crippen molar-refractivity contribution in [3.05, 3.63) is 0 Å². The zero-order valence-electron chi connectivity index (χ0n) is 36.2. The van der Waals surface area contributed by atoms with E-state index < -0.39 is 97.3 Å². The molecule has 25 nitrogen and oxygen atoms in total. The number of carboxylic acids is 1. The van der Waals surface area contributed by atoms with Crippen LogP contribution in [0.3, 0.4) is 0 Å². The Bertz CT molecular complexity index is 1680. The predicted octanol–water partition coefficient (Wildman–Crippen LogP) is -3.74. The van der Waals surface area contributed by atoms with E-state index in [-0.39, 0.29) is 68.1 Å². The predicted molar refractivity (Wildman–Crippen MR) is 231 cm³/mol. The lowest BCUT2D eigenvalue weighted by molar-refractivity contribution is -0.141. The molecule has 2 rings (SSSR count). The Morgan fingerprint density at radius 1 is 0.750 bits per heavy atom. The number of guanidine groups is 1. The maximum absolute atomic E-state index is 13.4. The molecule has 2 aliphatic heterocycles. The maximum atomic E-state index is 13.4. The summed E-state index contributed by atoms with van der Waals surface area (Å²) in [5, 5.41) is 39.1. The normalized spacial score (nSPS) is 18.1. The number of urea groups is 1. The molecule has 0 bridgehead atoms. The number of carbonyl (C=O) groups is 10. The van der Waals surface area contributed by atoms with Gasteiger partial charge in [-0.3, -0.25) is 53.4 Å². The van der Waals surface area contributed by atoms with Crippen LogP contribution in [0.5, 0.6) is 0 Å². The van der Waals surface area contributed by atoms with Crippen LogP contribution in [0.25, 0.3) is 0 Å². The van der Waals surface area contributed by atoms with Gasteiger partial charge in [-0.15, -0.1) is 0 Å². The highest BCUT2D eigenvalue weighted by atomic mass is 32.2. The molecular formula is C38H65N13O12S. The summed E-state index contributed by atoms with van der Waals surface area (Å²) in [6.07, 6.45) is 2.82.